The minimum Gasteiger partial charge on any atom is -0.477 e. The summed E-state index contributed by atoms with van der Waals surface area (Å²) in [7, 11) is 0. The molecule has 1 aromatic carbocycles. The predicted octanol–water partition coefficient (Wildman–Crippen LogP) is 4.09. The molecule has 136 valence electrons. The van der Waals surface area contributed by atoms with Gasteiger partial charge in [-0.1, -0.05) is 17.7 Å². The van der Waals surface area contributed by atoms with Gasteiger partial charge in [0.15, 0.2) is 5.69 Å². The van der Waals surface area contributed by atoms with Gasteiger partial charge in [0.1, 0.15) is 11.5 Å². The van der Waals surface area contributed by atoms with Crippen LogP contribution in [-0.2, 0) is 13.1 Å². The zero-order chi connectivity index (χ0) is 19.0. The van der Waals surface area contributed by atoms with Crippen molar-refractivity contribution < 1.29 is 14.3 Å². The maximum atomic E-state index is 13.9. The Kier molecular flexibility index (Phi) is 4.37. The monoisotopic (exact) mass is 384 g/mol. The van der Waals surface area contributed by atoms with Gasteiger partial charge in [0.25, 0.3) is 0 Å². The number of halogens is 2. The number of hydrogen-bond acceptors (Lipinski definition) is 3. The summed E-state index contributed by atoms with van der Waals surface area (Å²) in [5.74, 6) is -1.61. The van der Waals surface area contributed by atoms with E-state index in [2.05, 4.69) is 10.1 Å². The lowest BCUT2D eigenvalue weighted by Gasteiger charge is -2.05. The van der Waals surface area contributed by atoms with Gasteiger partial charge in [0, 0.05) is 36.1 Å². The van der Waals surface area contributed by atoms with Crippen molar-refractivity contribution in [3.05, 3.63) is 71.5 Å². The van der Waals surface area contributed by atoms with Crippen LogP contribution >= 0.6 is 11.6 Å². The highest BCUT2D eigenvalue weighted by Crippen LogP contribution is 2.32. The molecule has 0 amide bonds. The number of carboxylic acid groups (broad SMARTS) is 1. The molecule has 3 aromatic heterocycles. The molecular weight excluding hydrogens is 371 g/mol. The van der Waals surface area contributed by atoms with Crippen molar-refractivity contribution in [1.82, 2.24) is 19.3 Å². The van der Waals surface area contributed by atoms with Crippen molar-refractivity contribution in [2.45, 2.75) is 13.1 Å². The second-order valence-corrected chi connectivity index (χ2v) is 6.41. The van der Waals surface area contributed by atoms with Crippen molar-refractivity contribution >= 4 is 28.6 Å². The maximum Gasteiger partial charge on any atom is 0.354 e. The minimum atomic E-state index is -1.10. The standard InChI is InChI=1S/C19H14ClFN4O2/c20-15-4-2-12(10-16(15)21)14-11-24(8-9-25-7-1-6-22-25)18-13(14)3-5-17(23-18)19(26)27/h1-7,10-11H,8-9H2,(H,26,27). The fourth-order valence-electron chi connectivity index (χ4n) is 2.99. The van der Waals surface area contributed by atoms with E-state index in [-0.39, 0.29) is 10.7 Å². The Labute approximate surface area is 158 Å². The van der Waals surface area contributed by atoms with E-state index < -0.39 is 11.8 Å². The fourth-order valence-corrected chi connectivity index (χ4v) is 3.11. The van der Waals surface area contributed by atoms with Crippen molar-refractivity contribution in [3.8, 4) is 11.1 Å². The highest BCUT2D eigenvalue weighted by Gasteiger charge is 2.15. The summed E-state index contributed by atoms with van der Waals surface area (Å²) < 4.78 is 17.6. The largest absolute Gasteiger partial charge is 0.477 e. The number of fused-ring (bicyclic) bond motifs is 1. The first-order valence-corrected chi connectivity index (χ1v) is 8.57. The van der Waals surface area contributed by atoms with Crippen LogP contribution in [0.1, 0.15) is 10.5 Å². The molecule has 4 rings (SSSR count). The first-order valence-electron chi connectivity index (χ1n) is 8.19. The molecule has 4 aromatic rings. The number of nitrogens with zero attached hydrogens (tertiary/aromatic N) is 4. The Morgan fingerprint density at radius 3 is 2.78 bits per heavy atom. The summed E-state index contributed by atoms with van der Waals surface area (Å²) in [6.45, 7) is 1.12. The number of carboxylic acids is 1. The first kappa shape index (κ1) is 17.2. The molecule has 0 atom stereocenters. The van der Waals surface area contributed by atoms with Crippen LogP contribution in [0.15, 0.2) is 55.0 Å². The number of aryl methyl sites for hydroxylation is 2. The normalized spacial score (nSPS) is 11.2. The molecule has 0 fully saturated rings. The number of aromatic carboxylic acids is 1. The van der Waals surface area contributed by atoms with E-state index in [1.54, 1.807) is 23.0 Å². The summed E-state index contributed by atoms with van der Waals surface area (Å²) in [6.07, 6.45) is 5.38. The van der Waals surface area contributed by atoms with E-state index in [9.17, 15) is 14.3 Å². The van der Waals surface area contributed by atoms with E-state index in [0.717, 1.165) is 10.9 Å². The Morgan fingerprint density at radius 1 is 1.22 bits per heavy atom. The van der Waals surface area contributed by atoms with Gasteiger partial charge >= 0.3 is 5.97 Å². The number of aromatic nitrogens is 4. The molecule has 1 N–H and O–H groups in total. The molecule has 0 spiro atoms. The molecule has 0 saturated heterocycles. The summed E-state index contributed by atoms with van der Waals surface area (Å²) in [5, 5.41) is 14.2. The van der Waals surface area contributed by atoms with E-state index in [0.29, 0.717) is 24.3 Å². The van der Waals surface area contributed by atoms with Crippen LogP contribution in [0.5, 0.6) is 0 Å². The molecule has 0 bridgehead atoms. The highest BCUT2D eigenvalue weighted by atomic mass is 35.5. The second-order valence-electron chi connectivity index (χ2n) is 6.01. The molecule has 8 heteroatoms. The zero-order valence-electron chi connectivity index (χ0n) is 14.0. The summed E-state index contributed by atoms with van der Waals surface area (Å²) in [5.41, 5.74) is 1.87. The molecule has 0 radical (unpaired) electrons. The van der Waals surface area contributed by atoms with Crippen molar-refractivity contribution in [2.24, 2.45) is 0 Å². The van der Waals surface area contributed by atoms with Crippen LogP contribution in [0, 0.1) is 5.82 Å². The summed E-state index contributed by atoms with van der Waals surface area (Å²) in [6, 6.07) is 9.55. The summed E-state index contributed by atoms with van der Waals surface area (Å²) >= 11 is 5.79. The van der Waals surface area contributed by atoms with Crippen molar-refractivity contribution in [3.63, 3.8) is 0 Å². The number of hydrogen-bond donors (Lipinski definition) is 1. The van der Waals surface area contributed by atoms with Crippen LogP contribution in [0.25, 0.3) is 22.2 Å². The lowest BCUT2D eigenvalue weighted by molar-refractivity contribution is 0.0691. The quantitative estimate of drug-likeness (QED) is 0.562. The molecule has 0 unspecified atom stereocenters. The molecular formula is C19H14ClFN4O2. The molecule has 27 heavy (non-hydrogen) atoms. The molecule has 6 nitrogen and oxygen atoms in total. The minimum absolute atomic E-state index is 0.0465. The molecule has 0 aliphatic rings. The van der Waals surface area contributed by atoms with Crippen LogP contribution in [0.4, 0.5) is 4.39 Å². The van der Waals surface area contributed by atoms with E-state index in [1.165, 1.54) is 18.2 Å². The predicted molar refractivity (Wildman–Crippen MR) is 99.3 cm³/mol. The fraction of sp³-hybridized carbons (Fsp3) is 0.105. The SMILES string of the molecule is O=C(O)c1ccc2c(-c3ccc(Cl)c(F)c3)cn(CCn3cccn3)c2n1. The van der Waals surface area contributed by atoms with Gasteiger partial charge in [-0.05, 0) is 35.9 Å². The van der Waals surface area contributed by atoms with Crippen LogP contribution in [0.2, 0.25) is 5.02 Å². The number of pyridine rings is 1. The van der Waals surface area contributed by atoms with Gasteiger partial charge in [0.2, 0.25) is 0 Å². The van der Waals surface area contributed by atoms with E-state index in [4.69, 9.17) is 11.6 Å². The Hall–Kier alpha value is -3.19. The summed E-state index contributed by atoms with van der Waals surface area (Å²) in [4.78, 5) is 15.6. The lowest BCUT2D eigenvalue weighted by Crippen LogP contribution is -2.08. The highest BCUT2D eigenvalue weighted by molar-refractivity contribution is 6.30. The average molecular weight is 385 g/mol. The van der Waals surface area contributed by atoms with E-state index >= 15 is 0 Å². The van der Waals surface area contributed by atoms with Crippen molar-refractivity contribution in [1.29, 1.82) is 0 Å². The Morgan fingerprint density at radius 2 is 2.07 bits per heavy atom. The lowest BCUT2D eigenvalue weighted by atomic mass is 10.1. The molecule has 0 saturated carbocycles. The first-order chi connectivity index (χ1) is 13.0. The van der Waals surface area contributed by atoms with Gasteiger partial charge in [-0.2, -0.15) is 5.10 Å². The van der Waals surface area contributed by atoms with Gasteiger partial charge in [0.05, 0.1) is 11.6 Å². The average Bonchev–Trinajstić information content (AvgIpc) is 3.29. The third-order valence-corrected chi connectivity index (χ3v) is 4.61. The van der Waals surface area contributed by atoms with Crippen LogP contribution in [0.3, 0.4) is 0 Å². The van der Waals surface area contributed by atoms with Gasteiger partial charge < -0.3 is 9.67 Å². The van der Waals surface area contributed by atoms with E-state index in [1.807, 2.05) is 23.0 Å². The van der Waals surface area contributed by atoms with Crippen molar-refractivity contribution in [2.75, 3.05) is 0 Å². The van der Waals surface area contributed by atoms with Gasteiger partial charge in [-0.15, -0.1) is 0 Å². The molecule has 0 aliphatic carbocycles. The van der Waals surface area contributed by atoms with Gasteiger partial charge in [-0.3, -0.25) is 4.68 Å². The van der Waals surface area contributed by atoms with Crippen LogP contribution < -0.4 is 0 Å². The molecule has 3 heterocycles. The topological polar surface area (TPSA) is 72.9 Å². The number of rotatable bonds is 5. The number of benzene rings is 1. The Bertz CT molecular complexity index is 1140. The smallest absolute Gasteiger partial charge is 0.354 e. The molecule has 0 aliphatic heterocycles. The van der Waals surface area contributed by atoms with Gasteiger partial charge in [-0.25, -0.2) is 14.2 Å². The maximum absolute atomic E-state index is 13.9. The third-order valence-electron chi connectivity index (χ3n) is 4.30. The third kappa shape index (κ3) is 3.29. The Balaban J connectivity index is 1.83. The van der Waals surface area contributed by atoms with Crippen LogP contribution in [-0.4, -0.2) is 30.4 Å². The zero-order valence-corrected chi connectivity index (χ0v) is 14.8. The second kappa shape index (κ2) is 6.85. The number of carbonyl (C=O) groups is 1.